The van der Waals surface area contributed by atoms with Crippen LogP contribution < -0.4 is 10.1 Å². The summed E-state index contributed by atoms with van der Waals surface area (Å²) in [5, 5.41) is 12.0. The summed E-state index contributed by atoms with van der Waals surface area (Å²) in [6.45, 7) is 4.26. The van der Waals surface area contributed by atoms with Gasteiger partial charge in [0.15, 0.2) is 0 Å². The van der Waals surface area contributed by atoms with Crippen molar-refractivity contribution in [3.63, 3.8) is 0 Å². The minimum absolute atomic E-state index is 0.278. The number of nitrogens with zero attached hydrogens (tertiary/aromatic N) is 2. The Balaban J connectivity index is 2.12. The number of carboxylic acid groups (broad SMARTS) is 1. The first-order valence-electron chi connectivity index (χ1n) is 9.27. The molecule has 2 heterocycles. The van der Waals surface area contributed by atoms with E-state index >= 15 is 0 Å². The van der Waals surface area contributed by atoms with Crippen LogP contribution in [0, 0.1) is 5.41 Å². The average Bonchev–Trinajstić information content (AvgIpc) is 3.15. The fourth-order valence-corrected chi connectivity index (χ4v) is 3.61. The highest BCUT2D eigenvalue weighted by atomic mass is 79.9. The Morgan fingerprint density at radius 2 is 2.14 bits per heavy atom. The number of alkyl carbamates (subject to hydrolysis) is 1. The fourth-order valence-electron chi connectivity index (χ4n) is 3.27. The Morgan fingerprint density at radius 3 is 2.76 bits per heavy atom. The highest BCUT2D eigenvalue weighted by molar-refractivity contribution is 9.10. The maximum Gasteiger partial charge on any atom is 0.407 e. The SMILES string of the molecule is COC(=O)NC(C(=O)N1CCCC1C(=O)O)C(C)(C)CCOc1cncc(Br)c1. The van der Waals surface area contributed by atoms with Gasteiger partial charge in [-0.05, 0) is 46.7 Å². The topological polar surface area (TPSA) is 118 Å². The Bertz CT molecular complexity index is 757. The van der Waals surface area contributed by atoms with Crippen molar-refractivity contribution >= 4 is 33.9 Å². The molecule has 1 aliphatic heterocycles. The summed E-state index contributed by atoms with van der Waals surface area (Å²) >= 11 is 3.32. The molecule has 1 aromatic rings. The molecule has 2 atom stereocenters. The lowest BCUT2D eigenvalue weighted by Gasteiger charge is -2.36. The maximum absolute atomic E-state index is 13.2. The fraction of sp³-hybridized carbons (Fsp3) is 0.579. The smallest absolute Gasteiger partial charge is 0.407 e. The first kappa shape index (κ1) is 22.9. The molecule has 29 heavy (non-hydrogen) atoms. The van der Waals surface area contributed by atoms with Gasteiger partial charge in [-0.2, -0.15) is 0 Å². The van der Waals surface area contributed by atoms with Crippen LogP contribution in [0.3, 0.4) is 0 Å². The van der Waals surface area contributed by atoms with Crippen molar-refractivity contribution in [1.82, 2.24) is 15.2 Å². The van der Waals surface area contributed by atoms with Crippen LogP contribution in [-0.2, 0) is 14.3 Å². The quantitative estimate of drug-likeness (QED) is 0.597. The van der Waals surface area contributed by atoms with Gasteiger partial charge in [-0.1, -0.05) is 13.8 Å². The van der Waals surface area contributed by atoms with Gasteiger partial charge in [0.25, 0.3) is 0 Å². The van der Waals surface area contributed by atoms with Crippen LogP contribution in [0.5, 0.6) is 5.75 Å². The Morgan fingerprint density at radius 1 is 1.41 bits per heavy atom. The summed E-state index contributed by atoms with van der Waals surface area (Å²) in [7, 11) is 1.21. The number of carboxylic acids is 1. The van der Waals surface area contributed by atoms with Gasteiger partial charge in [0, 0.05) is 17.2 Å². The lowest BCUT2D eigenvalue weighted by atomic mass is 9.80. The molecule has 1 fully saturated rings. The number of carbonyl (C=O) groups excluding carboxylic acids is 2. The summed E-state index contributed by atoms with van der Waals surface area (Å²) in [5.41, 5.74) is -0.726. The van der Waals surface area contributed by atoms with Crippen molar-refractivity contribution in [1.29, 1.82) is 0 Å². The molecule has 1 saturated heterocycles. The van der Waals surface area contributed by atoms with Crippen LogP contribution in [0.2, 0.25) is 0 Å². The van der Waals surface area contributed by atoms with E-state index in [9.17, 15) is 19.5 Å². The highest BCUT2D eigenvalue weighted by Gasteiger charge is 2.43. The van der Waals surface area contributed by atoms with Gasteiger partial charge in [-0.3, -0.25) is 9.78 Å². The number of methoxy groups -OCH3 is 1. The van der Waals surface area contributed by atoms with Crippen molar-refractivity contribution in [2.24, 2.45) is 5.41 Å². The molecule has 0 radical (unpaired) electrons. The van der Waals surface area contributed by atoms with Gasteiger partial charge in [0.1, 0.15) is 17.8 Å². The normalized spacial score (nSPS) is 17.5. The molecule has 2 N–H and O–H groups in total. The second-order valence-corrected chi connectivity index (χ2v) is 8.44. The van der Waals surface area contributed by atoms with E-state index in [0.717, 1.165) is 4.47 Å². The molecular formula is C19H26BrN3O6. The van der Waals surface area contributed by atoms with E-state index in [1.54, 1.807) is 18.5 Å². The predicted molar refractivity (Wildman–Crippen MR) is 108 cm³/mol. The third-order valence-electron chi connectivity index (χ3n) is 4.99. The number of aromatic nitrogens is 1. The zero-order valence-electron chi connectivity index (χ0n) is 16.7. The van der Waals surface area contributed by atoms with Crippen LogP contribution in [0.25, 0.3) is 0 Å². The zero-order chi connectivity index (χ0) is 21.6. The molecule has 2 rings (SSSR count). The maximum atomic E-state index is 13.2. The number of rotatable bonds is 8. The number of hydrogen-bond acceptors (Lipinski definition) is 6. The molecule has 2 amide bonds. The molecule has 1 aliphatic rings. The molecule has 9 nitrogen and oxygen atoms in total. The lowest BCUT2D eigenvalue weighted by Crippen LogP contribution is -2.57. The summed E-state index contributed by atoms with van der Waals surface area (Å²) in [5.74, 6) is -0.908. The Labute approximate surface area is 177 Å². The number of likely N-dealkylation sites (tertiary alicyclic amines) is 1. The first-order valence-corrected chi connectivity index (χ1v) is 10.1. The van der Waals surface area contributed by atoms with Crippen LogP contribution in [-0.4, -0.2) is 65.3 Å². The Hall–Kier alpha value is -2.36. The standard InChI is InChI=1S/C19H26BrN3O6/c1-19(2,6-8-29-13-9-12(20)10-21-11-13)15(22-18(27)28-3)16(24)23-7-4-5-14(23)17(25)26/h9-11,14-15H,4-8H2,1-3H3,(H,22,27)(H,25,26). The molecular weight excluding hydrogens is 446 g/mol. The zero-order valence-corrected chi connectivity index (χ0v) is 18.3. The summed E-state index contributed by atoms with van der Waals surface area (Å²) in [4.78, 5) is 41.9. The molecule has 2 unspecified atom stereocenters. The van der Waals surface area contributed by atoms with Crippen molar-refractivity contribution in [3.05, 3.63) is 22.9 Å². The van der Waals surface area contributed by atoms with Crippen LogP contribution in [0.15, 0.2) is 22.9 Å². The van der Waals surface area contributed by atoms with E-state index in [1.807, 2.05) is 13.8 Å². The highest BCUT2D eigenvalue weighted by Crippen LogP contribution is 2.30. The van der Waals surface area contributed by atoms with Crippen molar-refractivity contribution in [2.75, 3.05) is 20.3 Å². The molecule has 10 heteroatoms. The minimum atomic E-state index is -1.05. The van der Waals surface area contributed by atoms with E-state index in [2.05, 4.69) is 31.0 Å². The predicted octanol–water partition coefficient (Wildman–Crippen LogP) is 2.44. The summed E-state index contributed by atoms with van der Waals surface area (Å²) < 4.78 is 11.2. The number of nitrogens with one attached hydrogen (secondary N) is 1. The van der Waals surface area contributed by atoms with Gasteiger partial charge in [-0.25, -0.2) is 9.59 Å². The number of amides is 2. The van der Waals surface area contributed by atoms with E-state index in [1.165, 1.54) is 12.0 Å². The van der Waals surface area contributed by atoms with E-state index in [4.69, 9.17) is 4.74 Å². The first-order chi connectivity index (χ1) is 13.7. The van der Waals surface area contributed by atoms with Gasteiger partial charge in [0.2, 0.25) is 5.91 Å². The molecule has 0 bridgehead atoms. The largest absolute Gasteiger partial charge is 0.492 e. The third-order valence-corrected chi connectivity index (χ3v) is 5.43. The third kappa shape index (κ3) is 6.06. The van der Waals surface area contributed by atoms with Crippen LogP contribution in [0.1, 0.15) is 33.1 Å². The van der Waals surface area contributed by atoms with Crippen molar-refractivity contribution < 1.29 is 29.0 Å². The van der Waals surface area contributed by atoms with E-state index < -0.39 is 35.5 Å². The summed E-state index contributed by atoms with van der Waals surface area (Å²) in [6, 6.07) is -0.0693. The van der Waals surface area contributed by atoms with Crippen LogP contribution >= 0.6 is 15.9 Å². The van der Waals surface area contributed by atoms with Gasteiger partial charge in [-0.15, -0.1) is 0 Å². The number of ether oxygens (including phenoxy) is 2. The number of pyridine rings is 1. The average molecular weight is 472 g/mol. The number of carbonyl (C=O) groups is 3. The number of hydrogen-bond donors (Lipinski definition) is 2. The molecule has 1 aromatic heterocycles. The van der Waals surface area contributed by atoms with Crippen molar-refractivity contribution in [3.8, 4) is 5.75 Å². The number of aliphatic carboxylic acids is 1. The Kier molecular flexibility index (Phi) is 7.83. The second kappa shape index (κ2) is 9.91. The molecule has 0 aromatic carbocycles. The molecule has 0 aliphatic carbocycles. The molecule has 160 valence electrons. The molecule has 0 spiro atoms. The van der Waals surface area contributed by atoms with Crippen molar-refractivity contribution in [2.45, 2.75) is 45.2 Å². The van der Waals surface area contributed by atoms with Gasteiger partial charge < -0.3 is 24.8 Å². The van der Waals surface area contributed by atoms with E-state index in [-0.39, 0.29) is 6.61 Å². The monoisotopic (exact) mass is 471 g/mol. The second-order valence-electron chi connectivity index (χ2n) is 7.52. The minimum Gasteiger partial charge on any atom is -0.492 e. The number of halogens is 1. The molecule has 0 saturated carbocycles. The lowest BCUT2D eigenvalue weighted by molar-refractivity contribution is -0.150. The van der Waals surface area contributed by atoms with E-state index in [0.29, 0.717) is 31.6 Å². The van der Waals surface area contributed by atoms with Crippen LogP contribution in [0.4, 0.5) is 4.79 Å². The van der Waals surface area contributed by atoms with Gasteiger partial charge >= 0.3 is 12.1 Å². The van der Waals surface area contributed by atoms with Gasteiger partial charge in [0.05, 0.1) is 19.9 Å². The summed E-state index contributed by atoms with van der Waals surface area (Å²) in [6.07, 6.45) is 3.89.